The second-order valence-electron chi connectivity index (χ2n) is 8.17. The van der Waals surface area contributed by atoms with E-state index in [4.69, 9.17) is 4.74 Å². The van der Waals surface area contributed by atoms with Gasteiger partial charge in [0.15, 0.2) is 0 Å². The zero-order valence-corrected chi connectivity index (χ0v) is 17.8. The molecule has 0 aliphatic heterocycles. The number of carbonyl (C=O) groups is 1. The minimum Gasteiger partial charge on any atom is -0.379 e. The van der Waals surface area contributed by atoms with Gasteiger partial charge in [-0.3, -0.25) is 4.79 Å². The van der Waals surface area contributed by atoms with Gasteiger partial charge < -0.3 is 9.64 Å². The molecule has 29 heavy (non-hydrogen) atoms. The van der Waals surface area contributed by atoms with Crippen molar-refractivity contribution in [1.29, 1.82) is 0 Å². The Morgan fingerprint density at radius 3 is 2.41 bits per heavy atom. The first-order valence-corrected chi connectivity index (χ1v) is 10.1. The molecule has 5 heteroatoms. The van der Waals surface area contributed by atoms with E-state index in [9.17, 15) is 13.6 Å². The predicted molar refractivity (Wildman–Crippen MR) is 113 cm³/mol. The molecular formula is C24H31F2NO2. The maximum Gasteiger partial charge on any atom is 0.258 e. The number of methoxy groups -OCH3 is 1. The third kappa shape index (κ3) is 6.93. The lowest BCUT2D eigenvalue weighted by atomic mass is 9.94. The summed E-state index contributed by atoms with van der Waals surface area (Å²) in [4.78, 5) is 14.4. The van der Waals surface area contributed by atoms with Crippen LogP contribution in [0.25, 0.3) is 0 Å². The van der Waals surface area contributed by atoms with Gasteiger partial charge in [0.1, 0.15) is 11.6 Å². The van der Waals surface area contributed by atoms with Gasteiger partial charge in [-0.1, -0.05) is 38.0 Å². The van der Waals surface area contributed by atoms with Crippen molar-refractivity contribution in [3.05, 3.63) is 65.7 Å². The number of benzene rings is 2. The van der Waals surface area contributed by atoms with E-state index < -0.39 is 11.6 Å². The van der Waals surface area contributed by atoms with Crippen molar-refractivity contribution in [2.45, 2.75) is 52.1 Å². The number of halogens is 2. The summed E-state index contributed by atoms with van der Waals surface area (Å²) in [6.45, 7) is 6.63. The van der Waals surface area contributed by atoms with Gasteiger partial charge in [0.25, 0.3) is 5.91 Å². The van der Waals surface area contributed by atoms with Crippen LogP contribution in [0.4, 0.5) is 14.5 Å². The van der Waals surface area contributed by atoms with Gasteiger partial charge in [0.2, 0.25) is 0 Å². The van der Waals surface area contributed by atoms with Gasteiger partial charge in [-0.2, -0.15) is 0 Å². The van der Waals surface area contributed by atoms with Crippen LogP contribution in [0.1, 0.15) is 56.8 Å². The third-order valence-corrected chi connectivity index (χ3v) is 5.34. The van der Waals surface area contributed by atoms with Crippen LogP contribution < -0.4 is 4.90 Å². The van der Waals surface area contributed by atoms with Gasteiger partial charge in [-0.15, -0.1) is 0 Å². The van der Waals surface area contributed by atoms with E-state index in [2.05, 4.69) is 20.8 Å². The Morgan fingerprint density at radius 1 is 1.10 bits per heavy atom. The van der Waals surface area contributed by atoms with Gasteiger partial charge in [-0.05, 0) is 56.9 Å². The maximum absolute atomic E-state index is 14.4. The second-order valence-corrected chi connectivity index (χ2v) is 8.17. The molecule has 0 fully saturated rings. The molecule has 0 aliphatic rings. The first kappa shape index (κ1) is 23.0. The van der Waals surface area contributed by atoms with Crippen LogP contribution >= 0.6 is 0 Å². The SMILES string of the molecule is COC(C)(C)CCCC(C)CCN(C(=O)c1ccccc1)c1ccc(F)cc1F. The normalized spacial score (nSPS) is 12.6. The standard InChI is InChI=1S/C24H31F2NO2/c1-18(9-8-15-24(2,3)29-4)14-16-27(22-13-12-20(25)17-21(22)26)23(28)19-10-6-5-7-11-19/h5-7,10-13,17-18H,8-9,14-16H2,1-4H3. The molecule has 2 aromatic carbocycles. The summed E-state index contributed by atoms with van der Waals surface area (Å²) >= 11 is 0. The van der Waals surface area contributed by atoms with Crippen LogP contribution in [0.5, 0.6) is 0 Å². The number of ether oxygens (including phenoxy) is 1. The topological polar surface area (TPSA) is 29.5 Å². The highest BCUT2D eigenvalue weighted by molar-refractivity contribution is 6.06. The molecule has 0 radical (unpaired) electrons. The summed E-state index contributed by atoms with van der Waals surface area (Å²) in [6, 6.07) is 12.1. The fourth-order valence-electron chi connectivity index (χ4n) is 3.24. The molecule has 0 spiro atoms. The first-order valence-electron chi connectivity index (χ1n) is 10.1. The van der Waals surface area contributed by atoms with E-state index in [0.29, 0.717) is 18.0 Å². The predicted octanol–water partition coefficient (Wildman–Crippen LogP) is 6.23. The van der Waals surface area contributed by atoms with Crippen LogP contribution in [0, 0.1) is 17.6 Å². The van der Waals surface area contributed by atoms with Crippen LogP contribution in [0.2, 0.25) is 0 Å². The fraction of sp³-hybridized carbons (Fsp3) is 0.458. The Kier molecular flexibility index (Phi) is 8.32. The molecule has 1 unspecified atom stereocenters. The van der Waals surface area contributed by atoms with Crippen LogP contribution in [-0.4, -0.2) is 25.2 Å². The van der Waals surface area contributed by atoms with E-state index in [1.54, 1.807) is 31.4 Å². The molecule has 2 rings (SSSR count). The minimum atomic E-state index is -0.733. The lowest BCUT2D eigenvalue weighted by molar-refractivity contribution is 0.0127. The van der Waals surface area contributed by atoms with Crippen molar-refractivity contribution >= 4 is 11.6 Å². The molecule has 2 aromatic rings. The van der Waals surface area contributed by atoms with Crippen molar-refractivity contribution in [1.82, 2.24) is 0 Å². The zero-order chi connectivity index (χ0) is 21.4. The van der Waals surface area contributed by atoms with Gasteiger partial charge >= 0.3 is 0 Å². The lowest BCUT2D eigenvalue weighted by Crippen LogP contribution is -2.33. The van der Waals surface area contributed by atoms with Gasteiger partial charge in [0, 0.05) is 25.3 Å². The monoisotopic (exact) mass is 403 g/mol. The number of hydrogen-bond donors (Lipinski definition) is 0. The average Bonchev–Trinajstić information content (AvgIpc) is 2.69. The zero-order valence-electron chi connectivity index (χ0n) is 17.8. The van der Waals surface area contributed by atoms with E-state index >= 15 is 0 Å². The number of carbonyl (C=O) groups excluding carboxylic acids is 1. The molecule has 0 saturated heterocycles. The Morgan fingerprint density at radius 2 is 1.79 bits per heavy atom. The third-order valence-electron chi connectivity index (χ3n) is 5.34. The molecular weight excluding hydrogens is 372 g/mol. The quantitative estimate of drug-likeness (QED) is 0.470. The van der Waals surface area contributed by atoms with Crippen molar-refractivity contribution in [2.75, 3.05) is 18.6 Å². The molecule has 0 N–H and O–H groups in total. The number of amides is 1. The van der Waals surface area contributed by atoms with Crippen molar-refractivity contribution in [3.63, 3.8) is 0 Å². The second kappa shape index (κ2) is 10.5. The lowest BCUT2D eigenvalue weighted by Gasteiger charge is -2.26. The van der Waals surface area contributed by atoms with Crippen molar-refractivity contribution in [2.24, 2.45) is 5.92 Å². The smallest absolute Gasteiger partial charge is 0.258 e. The summed E-state index contributed by atoms with van der Waals surface area (Å²) in [5, 5.41) is 0. The van der Waals surface area contributed by atoms with Crippen LogP contribution in [0.15, 0.2) is 48.5 Å². The van der Waals surface area contributed by atoms with Gasteiger partial charge in [0.05, 0.1) is 11.3 Å². The Hall–Kier alpha value is -2.27. The number of anilines is 1. The highest BCUT2D eigenvalue weighted by atomic mass is 19.1. The van der Waals surface area contributed by atoms with Gasteiger partial charge in [-0.25, -0.2) is 8.78 Å². The molecule has 0 aromatic heterocycles. The van der Waals surface area contributed by atoms with E-state index in [0.717, 1.165) is 31.7 Å². The van der Waals surface area contributed by atoms with E-state index in [1.807, 2.05) is 6.07 Å². The average molecular weight is 404 g/mol. The number of hydrogen-bond acceptors (Lipinski definition) is 2. The summed E-state index contributed by atoms with van der Waals surface area (Å²) in [7, 11) is 1.72. The number of nitrogens with zero attached hydrogens (tertiary/aromatic N) is 1. The molecule has 0 saturated carbocycles. The molecule has 158 valence electrons. The maximum atomic E-state index is 14.4. The largest absolute Gasteiger partial charge is 0.379 e. The van der Waals surface area contributed by atoms with E-state index in [-0.39, 0.29) is 17.2 Å². The molecule has 0 aliphatic carbocycles. The highest BCUT2D eigenvalue weighted by Gasteiger charge is 2.22. The summed E-state index contributed by atoms with van der Waals surface area (Å²) in [6.07, 6.45) is 3.68. The summed E-state index contributed by atoms with van der Waals surface area (Å²) < 4.78 is 33.2. The molecule has 1 atom stereocenters. The van der Waals surface area contributed by atoms with Crippen LogP contribution in [-0.2, 0) is 4.74 Å². The van der Waals surface area contributed by atoms with Crippen molar-refractivity contribution in [3.8, 4) is 0 Å². The Balaban J connectivity index is 2.09. The molecule has 0 heterocycles. The van der Waals surface area contributed by atoms with E-state index in [1.165, 1.54) is 17.0 Å². The fourth-order valence-corrected chi connectivity index (χ4v) is 3.24. The number of rotatable bonds is 10. The van der Waals surface area contributed by atoms with Crippen LogP contribution in [0.3, 0.4) is 0 Å². The summed E-state index contributed by atoms with van der Waals surface area (Å²) in [5.74, 6) is -1.32. The Bertz CT molecular complexity index is 793. The Labute approximate surface area is 172 Å². The molecule has 1 amide bonds. The highest BCUT2D eigenvalue weighted by Crippen LogP contribution is 2.25. The molecule has 3 nitrogen and oxygen atoms in total. The molecule has 0 bridgehead atoms. The minimum absolute atomic E-state index is 0.105. The van der Waals surface area contributed by atoms with Crippen molar-refractivity contribution < 1.29 is 18.3 Å². The first-order chi connectivity index (χ1) is 13.7. The summed E-state index contributed by atoms with van der Waals surface area (Å²) in [5.41, 5.74) is 0.436.